The molecule has 16 heavy (non-hydrogen) atoms. The molecule has 2 aliphatic carbocycles. The van der Waals surface area contributed by atoms with E-state index in [0.29, 0.717) is 0 Å². The maximum atomic E-state index is 2.45. The van der Waals surface area contributed by atoms with Gasteiger partial charge in [-0.25, -0.2) is 0 Å². The van der Waals surface area contributed by atoms with Crippen LogP contribution in [0.25, 0.3) is 0 Å². The lowest BCUT2D eigenvalue weighted by Gasteiger charge is -2.17. The van der Waals surface area contributed by atoms with Gasteiger partial charge in [0.15, 0.2) is 0 Å². The summed E-state index contributed by atoms with van der Waals surface area (Å²) in [5.41, 5.74) is 1.51. The lowest BCUT2D eigenvalue weighted by atomic mass is 9.88. The lowest BCUT2D eigenvalue weighted by Crippen LogP contribution is -2.09. The molecule has 0 aromatic heterocycles. The van der Waals surface area contributed by atoms with Gasteiger partial charge in [-0.15, -0.1) is 0 Å². The molecule has 86 valence electrons. The van der Waals surface area contributed by atoms with Gasteiger partial charge >= 0.3 is 0 Å². The molecule has 0 amide bonds. The average Bonchev–Trinajstić information content (AvgIpc) is 2.95. The zero-order valence-corrected chi connectivity index (χ0v) is 10.4. The van der Waals surface area contributed by atoms with Gasteiger partial charge in [0.25, 0.3) is 0 Å². The van der Waals surface area contributed by atoms with Gasteiger partial charge in [-0.05, 0) is 42.6 Å². The maximum Gasteiger partial charge on any atom is -0.0196 e. The molecule has 3 rings (SSSR count). The summed E-state index contributed by atoms with van der Waals surface area (Å²) in [4.78, 5) is 0. The minimum Gasteiger partial charge on any atom is -0.0851 e. The molecule has 0 radical (unpaired) electrons. The largest absolute Gasteiger partial charge is 0.0851 e. The second-order valence-electron chi connectivity index (χ2n) is 4.73. The fourth-order valence-corrected chi connectivity index (χ4v) is 3.05. The molecule has 0 aliphatic heterocycles. The molecule has 0 heteroatoms. The molecule has 2 bridgehead atoms. The van der Waals surface area contributed by atoms with Crippen molar-refractivity contribution < 1.29 is 0 Å². The Hall–Kier alpha value is -1.04. The molecule has 0 heterocycles. The third-order valence-corrected chi connectivity index (χ3v) is 3.76. The predicted octanol–water partition coefficient (Wildman–Crippen LogP) is 4.47. The van der Waals surface area contributed by atoms with Crippen molar-refractivity contribution >= 4 is 0 Å². The van der Waals surface area contributed by atoms with Crippen LogP contribution >= 0.6 is 0 Å². The van der Waals surface area contributed by atoms with Crippen LogP contribution < -0.4 is 0 Å². The SMILES string of the molecule is C1=CC2CC1CC2Cc1ccccc1.CC. The van der Waals surface area contributed by atoms with Crippen molar-refractivity contribution in [2.24, 2.45) is 17.8 Å². The topological polar surface area (TPSA) is 0 Å². The first kappa shape index (κ1) is 11.4. The molecule has 3 atom stereocenters. The van der Waals surface area contributed by atoms with Crippen LogP contribution in [0.3, 0.4) is 0 Å². The Balaban J connectivity index is 0.000000457. The number of fused-ring (bicyclic) bond motifs is 2. The normalized spacial score (nSPS) is 30.0. The molecule has 1 aromatic carbocycles. The van der Waals surface area contributed by atoms with Gasteiger partial charge in [-0.2, -0.15) is 0 Å². The van der Waals surface area contributed by atoms with Crippen LogP contribution in [0.4, 0.5) is 0 Å². The van der Waals surface area contributed by atoms with Gasteiger partial charge in [0.2, 0.25) is 0 Å². The van der Waals surface area contributed by atoms with Crippen LogP contribution in [0.1, 0.15) is 32.3 Å². The van der Waals surface area contributed by atoms with E-state index in [1.165, 1.54) is 24.8 Å². The molecule has 0 nitrogen and oxygen atoms in total. The zero-order chi connectivity index (χ0) is 11.4. The third-order valence-electron chi connectivity index (χ3n) is 3.76. The molecule has 3 unspecified atom stereocenters. The Bertz CT molecular complexity index is 336. The highest BCUT2D eigenvalue weighted by Crippen LogP contribution is 2.44. The average molecular weight is 214 g/mol. The van der Waals surface area contributed by atoms with Crippen molar-refractivity contribution in [1.29, 1.82) is 0 Å². The van der Waals surface area contributed by atoms with Crippen molar-refractivity contribution in [3.8, 4) is 0 Å². The van der Waals surface area contributed by atoms with Crippen molar-refractivity contribution in [2.75, 3.05) is 0 Å². The molecular formula is C16H22. The first-order chi connectivity index (χ1) is 7.92. The van der Waals surface area contributed by atoms with Crippen LogP contribution in [0, 0.1) is 17.8 Å². The Morgan fingerprint density at radius 2 is 1.75 bits per heavy atom. The summed E-state index contributed by atoms with van der Waals surface area (Å²) in [6.45, 7) is 4.00. The summed E-state index contributed by atoms with van der Waals surface area (Å²) in [5, 5.41) is 0. The van der Waals surface area contributed by atoms with E-state index in [4.69, 9.17) is 0 Å². The van der Waals surface area contributed by atoms with Crippen LogP contribution in [0.2, 0.25) is 0 Å². The minimum atomic E-state index is 0.889. The zero-order valence-electron chi connectivity index (χ0n) is 10.4. The summed E-state index contributed by atoms with van der Waals surface area (Å²) in [7, 11) is 0. The predicted molar refractivity (Wildman–Crippen MR) is 70.3 cm³/mol. The van der Waals surface area contributed by atoms with Gasteiger partial charge in [0, 0.05) is 0 Å². The van der Waals surface area contributed by atoms with E-state index in [1.54, 1.807) is 0 Å². The second kappa shape index (κ2) is 5.34. The molecule has 0 N–H and O–H groups in total. The second-order valence-corrected chi connectivity index (χ2v) is 4.73. The monoisotopic (exact) mass is 214 g/mol. The van der Waals surface area contributed by atoms with E-state index in [2.05, 4.69) is 42.5 Å². The van der Waals surface area contributed by atoms with E-state index in [0.717, 1.165) is 17.8 Å². The smallest absolute Gasteiger partial charge is 0.0196 e. The van der Waals surface area contributed by atoms with Crippen LogP contribution in [-0.2, 0) is 6.42 Å². The minimum absolute atomic E-state index is 0.889. The Labute approximate surface area is 99.4 Å². The number of hydrogen-bond acceptors (Lipinski definition) is 0. The van der Waals surface area contributed by atoms with E-state index < -0.39 is 0 Å². The van der Waals surface area contributed by atoms with Gasteiger partial charge < -0.3 is 0 Å². The van der Waals surface area contributed by atoms with Gasteiger partial charge in [0.1, 0.15) is 0 Å². The first-order valence-corrected chi connectivity index (χ1v) is 6.64. The number of benzene rings is 1. The molecule has 1 aromatic rings. The lowest BCUT2D eigenvalue weighted by molar-refractivity contribution is 0.446. The molecular weight excluding hydrogens is 192 g/mol. The van der Waals surface area contributed by atoms with E-state index in [9.17, 15) is 0 Å². The summed E-state index contributed by atoms with van der Waals surface area (Å²) in [6, 6.07) is 10.9. The van der Waals surface area contributed by atoms with Crippen molar-refractivity contribution in [3.05, 3.63) is 48.0 Å². The highest BCUT2D eigenvalue weighted by Gasteiger charge is 2.35. The highest BCUT2D eigenvalue weighted by atomic mass is 14.4. The number of hydrogen-bond donors (Lipinski definition) is 0. The van der Waals surface area contributed by atoms with Crippen molar-refractivity contribution in [2.45, 2.75) is 33.1 Å². The molecule has 0 saturated heterocycles. The Morgan fingerprint density at radius 1 is 1.00 bits per heavy atom. The van der Waals surface area contributed by atoms with E-state index >= 15 is 0 Å². The quantitative estimate of drug-likeness (QED) is 0.637. The third kappa shape index (κ3) is 2.37. The fraction of sp³-hybridized carbons (Fsp3) is 0.500. The highest BCUT2D eigenvalue weighted by molar-refractivity contribution is 5.18. The first-order valence-electron chi connectivity index (χ1n) is 6.64. The summed E-state index contributed by atoms with van der Waals surface area (Å²) in [6.07, 6.45) is 9.01. The van der Waals surface area contributed by atoms with Crippen molar-refractivity contribution in [1.82, 2.24) is 0 Å². The van der Waals surface area contributed by atoms with Crippen LogP contribution in [-0.4, -0.2) is 0 Å². The van der Waals surface area contributed by atoms with Gasteiger partial charge in [-0.3, -0.25) is 0 Å². The number of allylic oxidation sites excluding steroid dienone is 2. The van der Waals surface area contributed by atoms with Crippen LogP contribution in [0.15, 0.2) is 42.5 Å². The molecule has 1 fully saturated rings. The van der Waals surface area contributed by atoms with Gasteiger partial charge in [-0.1, -0.05) is 56.3 Å². The summed E-state index contributed by atoms with van der Waals surface area (Å²) >= 11 is 0. The standard InChI is InChI=1S/C14H16.C2H6/c1-2-4-11(5-3-1)8-14-10-12-6-7-13(14)9-12;1-2/h1-7,12-14H,8-10H2;1-2H3. The molecule has 1 saturated carbocycles. The van der Waals surface area contributed by atoms with Gasteiger partial charge in [0.05, 0.1) is 0 Å². The summed E-state index contributed by atoms with van der Waals surface area (Å²) in [5.74, 6) is 2.72. The summed E-state index contributed by atoms with van der Waals surface area (Å²) < 4.78 is 0. The van der Waals surface area contributed by atoms with E-state index in [-0.39, 0.29) is 0 Å². The fourth-order valence-electron chi connectivity index (χ4n) is 3.05. The van der Waals surface area contributed by atoms with E-state index in [1.807, 2.05) is 13.8 Å². The van der Waals surface area contributed by atoms with Crippen LogP contribution in [0.5, 0.6) is 0 Å². The van der Waals surface area contributed by atoms with Crippen molar-refractivity contribution in [3.63, 3.8) is 0 Å². The molecule has 2 aliphatic rings. The number of rotatable bonds is 2. The Kier molecular flexibility index (Phi) is 3.82. The maximum absolute atomic E-state index is 2.45. The molecule has 0 spiro atoms. The Morgan fingerprint density at radius 3 is 2.31 bits per heavy atom.